The molecule has 0 radical (unpaired) electrons. The number of aryl methyl sites for hydroxylation is 1. The summed E-state index contributed by atoms with van der Waals surface area (Å²) in [7, 11) is 1.58. The van der Waals surface area contributed by atoms with Crippen molar-refractivity contribution in [3.05, 3.63) is 70.9 Å². The number of ether oxygens (including phenoxy) is 1. The molecule has 0 aliphatic carbocycles. The van der Waals surface area contributed by atoms with Crippen molar-refractivity contribution in [3.8, 4) is 6.07 Å². The molecular formula is C25H26N4O3. The molecular weight excluding hydrogens is 404 g/mol. The molecule has 0 fully saturated rings. The van der Waals surface area contributed by atoms with E-state index >= 15 is 0 Å². The van der Waals surface area contributed by atoms with Gasteiger partial charge in [0, 0.05) is 42.0 Å². The second kappa shape index (κ2) is 10.4. The van der Waals surface area contributed by atoms with E-state index in [2.05, 4.69) is 10.6 Å². The summed E-state index contributed by atoms with van der Waals surface area (Å²) < 4.78 is 6.76. The number of methoxy groups -OCH3 is 1. The maximum absolute atomic E-state index is 12.8. The van der Waals surface area contributed by atoms with E-state index in [0.29, 0.717) is 24.4 Å². The molecule has 0 unspecified atom stereocenters. The quantitative estimate of drug-likeness (QED) is 0.324. The molecule has 2 aromatic carbocycles. The Bertz CT molecular complexity index is 1220. The Balaban J connectivity index is 1.89. The van der Waals surface area contributed by atoms with Crippen molar-refractivity contribution in [1.82, 2.24) is 9.88 Å². The molecule has 164 valence electrons. The molecule has 1 heterocycles. The van der Waals surface area contributed by atoms with Crippen LogP contribution in [0.4, 0.5) is 5.69 Å². The van der Waals surface area contributed by atoms with E-state index in [-0.39, 0.29) is 18.0 Å². The van der Waals surface area contributed by atoms with Crippen molar-refractivity contribution in [2.24, 2.45) is 0 Å². The lowest BCUT2D eigenvalue weighted by Crippen LogP contribution is -2.30. The lowest BCUT2D eigenvalue weighted by Gasteiger charge is -2.09. The highest BCUT2D eigenvalue weighted by Crippen LogP contribution is 2.24. The van der Waals surface area contributed by atoms with Crippen LogP contribution in [-0.2, 0) is 20.9 Å². The van der Waals surface area contributed by atoms with Crippen molar-refractivity contribution in [2.45, 2.75) is 20.4 Å². The van der Waals surface area contributed by atoms with Crippen LogP contribution in [0.25, 0.3) is 17.0 Å². The predicted octanol–water partition coefficient (Wildman–Crippen LogP) is 3.57. The first-order chi connectivity index (χ1) is 15.4. The lowest BCUT2D eigenvalue weighted by molar-refractivity contribution is -0.121. The first-order valence-corrected chi connectivity index (χ1v) is 10.3. The SMILES string of the molecule is COCCNC(=O)Cn1cc(C=C(C#N)C(=O)Nc2cccc(C)c2C)c2ccccc21. The minimum atomic E-state index is -0.477. The van der Waals surface area contributed by atoms with E-state index < -0.39 is 5.91 Å². The molecule has 0 atom stereocenters. The van der Waals surface area contributed by atoms with Crippen LogP contribution in [0.2, 0.25) is 0 Å². The van der Waals surface area contributed by atoms with Gasteiger partial charge in [0.15, 0.2) is 0 Å². The maximum Gasteiger partial charge on any atom is 0.266 e. The van der Waals surface area contributed by atoms with Gasteiger partial charge in [-0.05, 0) is 43.2 Å². The van der Waals surface area contributed by atoms with Gasteiger partial charge in [0.25, 0.3) is 5.91 Å². The predicted molar refractivity (Wildman–Crippen MR) is 125 cm³/mol. The standard InChI is InChI=1S/C25H26N4O3/c1-17-7-6-9-22(18(17)2)28-25(31)19(14-26)13-20-15-29(16-24(30)27-11-12-32-3)23-10-5-4-8-21(20)23/h4-10,13,15H,11-12,16H2,1-3H3,(H,27,30)(H,28,31). The number of carbonyl (C=O) groups excluding carboxylic acids is 2. The third-order valence-electron chi connectivity index (χ3n) is 5.28. The smallest absolute Gasteiger partial charge is 0.266 e. The number of nitrogens with one attached hydrogen (secondary N) is 2. The van der Waals surface area contributed by atoms with Gasteiger partial charge >= 0.3 is 0 Å². The van der Waals surface area contributed by atoms with Crippen molar-refractivity contribution >= 4 is 34.5 Å². The molecule has 2 amide bonds. The van der Waals surface area contributed by atoms with Crippen molar-refractivity contribution in [3.63, 3.8) is 0 Å². The molecule has 3 aromatic rings. The summed E-state index contributed by atoms with van der Waals surface area (Å²) in [5.74, 6) is -0.623. The van der Waals surface area contributed by atoms with E-state index in [4.69, 9.17) is 4.74 Å². The summed E-state index contributed by atoms with van der Waals surface area (Å²) in [5.41, 5.74) is 4.20. The van der Waals surface area contributed by atoms with Gasteiger partial charge in [0.05, 0.1) is 6.61 Å². The minimum Gasteiger partial charge on any atom is -0.383 e. The van der Waals surface area contributed by atoms with Gasteiger partial charge < -0.3 is 19.9 Å². The first-order valence-electron chi connectivity index (χ1n) is 10.3. The molecule has 0 aliphatic rings. The van der Waals surface area contributed by atoms with Gasteiger partial charge in [-0.1, -0.05) is 30.3 Å². The van der Waals surface area contributed by atoms with Crippen molar-refractivity contribution in [2.75, 3.05) is 25.6 Å². The monoisotopic (exact) mass is 430 g/mol. The highest BCUT2D eigenvalue weighted by atomic mass is 16.5. The Morgan fingerprint density at radius 1 is 1.16 bits per heavy atom. The average molecular weight is 431 g/mol. The Morgan fingerprint density at radius 2 is 1.94 bits per heavy atom. The summed E-state index contributed by atoms with van der Waals surface area (Å²) in [4.78, 5) is 25.1. The molecule has 0 saturated heterocycles. The number of carbonyl (C=O) groups is 2. The number of aromatic nitrogens is 1. The number of rotatable bonds is 8. The summed E-state index contributed by atoms with van der Waals surface area (Å²) in [6, 6.07) is 15.2. The van der Waals surface area contributed by atoms with Crippen LogP contribution in [0.1, 0.15) is 16.7 Å². The van der Waals surface area contributed by atoms with E-state index in [1.807, 2.05) is 62.4 Å². The minimum absolute atomic E-state index is 0.0154. The third kappa shape index (κ3) is 5.23. The van der Waals surface area contributed by atoms with Gasteiger partial charge in [0.1, 0.15) is 18.2 Å². The zero-order valence-electron chi connectivity index (χ0n) is 18.4. The van der Waals surface area contributed by atoms with Crippen LogP contribution in [0, 0.1) is 25.2 Å². The summed E-state index contributed by atoms with van der Waals surface area (Å²) >= 11 is 0. The second-order valence-corrected chi connectivity index (χ2v) is 7.44. The van der Waals surface area contributed by atoms with Crippen LogP contribution in [-0.4, -0.2) is 36.6 Å². The van der Waals surface area contributed by atoms with Gasteiger partial charge in [-0.25, -0.2) is 0 Å². The molecule has 0 saturated carbocycles. The zero-order valence-corrected chi connectivity index (χ0v) is 18.4. The number of anilines is 1. The first kappa shape index (κ1) is 22.8. The molecule has 1 aromatic heterocycles. The average Bonchev–Trinajstić information content (AvgIpc) is 3.12. The number of hydrogen-bond donors (Lipinski definition) is 2. The topological polar surface area (TPSA) is 96.2 Å². The van der Waals surface area contributed by atoms with E-state index in [0.717, 1.165) is 22.0 Å². The Hall–Kier alpha value is -3.89. The van der Waals surface area contributed by atoms with E-state index in [1.54, 1.807) is 23.9 Å². The summed E-state index contributed by atoms with van der Waals surface area (Å²) in [5, 5.41) is 16.1. The fourth-order valence-electron chi connectivity index (χ4n) is 3.40. The van der Waals surface area contributed by atoms with Crippen LogP contribution in [0.15, 0.2) is 54.2 Å². The molecule has 0 bridgehead atoms. The summed E-state index contributed by atoms with van der Waals surface area (Å²) in [6.45, 7) is 4.87. The van der Waals surface area contributed by atoms with E-state index in [9.17, 15) is 14.9 Å². The largest absolute Gasteiger partial charge is 0.383 e. The van der Waals surface area contributed by atoms with Gasteiger partial charge in [0.2, 0.25) is 5.91 Å². The Morgan fingerprint density at radius 3 is 2.69 bits per heavy atom. The number of nitrogens with zero attached hydrogens (tertiary/aromatic N) is 2. The molecule has 32 heavy (non-hydrogen) atoms. The number of fused-ring (bicyclic) bond motifs is 1. The number of hydrogen-bond acceptors (Lipinski definition) is 4. The fraction of sp³-hybridized carbons (Fsp3) is 0.240. The molecule has 0 spiro atoms. The molecule has 7 heteroatoms. The number of nitriles is 1. The number of amides is 2. The van der Waals surface area contributed by atoms with Crippen LogP contribution < -0.4 is 10.6 Å². The van der Waals surface area contributed by atoms with Gasteiger partial charge in [-0.3, -0.25) is 9.59 Å². The molecule has 7 nitrogen and oxygen atoms in total. The zero-order chi connectivity index (χ0) is 23.1. The van der Waals surface area contributed by atoms with Crippen molar-refractivity contribution < 1.29 is 14.3 Å². The third-order valence-corrected chi connectivity index (χ3v) is 5.28. The summed E-state index contributed by atoms with van der Waals surface area (Å²) in [6.07, 6.45) is 3.34. The molecule has 0 aliphatic heterocycles. The highest BCUT2D eigenvalue weighted by Gasteiger charge is 2.15. The molecule has 2 N–H and O–H groups in total. The maximum atomic E-state index is 12.8. The Labute approximate surface area is 187 Å². The van der Waals surface area contributed by atoms with Crippen LogP contribution >= 0.6 is 0 Å². The van der Waals surface area contributed by atoms with E-state index in [1.165, 1.54) is 0 Å². The van der Waals surface area contributed by atoms with Crippen LogP contribution in [0.5, 0.6) is 0 Å². The second-order valence-electron chi connectivity index (χ2n) is 7.44. The fourth-order valence-corrected chi connectivity index (χ4v) is 3.40. The normalized spacial score (nSPS) is 11.2. The highest BCUT2D eigenvalue weighted by molar-refractivity contribution is 6.11. The van der Waals surface area contributed by atoms with Gasteiger partial charge in [-0.2, -0.15) is 5.26 Å². The van der Waals surface area contributed by atoms with Crippen molar-refractivity contribution in [1.29, 1.82) is 5.26 Å². The number of para-hydroxylation sites is 1. The van der Waals surface area contributed by atoms with Gasteiger partial charge in [-0.15, -0.1) is 0 Å². The van der Waals surface area contributed by atoms with Crippen LogP contribution in [0.3, 0.4) is 0 Å². The Kier molecular flexibility index (Phi) is 7.42. The molecule has 3 rings (SSSR count). The lowest BCUT2D eigenvalue weighted by atomic mass is 10.1. The number of benzene rings is 2.